The highest BCUT2D eigenvalue weighted by molar-refractivity contribution is 6.07. The molecule has 3 aromatic rings. The van der Waals surface area contributed by atoms with E-state index < -0.39 is 0 Å². The third-order valence-electron chi connectivity index (χ3n) is 6.89. The van der Waals surface area contributed by atoms with Crippen LogP contribution in [0.2, 0.25) is 0 Å². The van der Waals surface area contributed by atoms with Crippen LogP contribution in [0, 0.1) is 5.92 Å². The molecule has 32 heavy (non-hydrogen) atoms. The first-order valence-electron chi connectivity index (χ1n) is 11.4. The molecule has 6 heteroatoms. The van der Waals surface area contributed by atoms with Crippen LogP contribution in [0.1, 0.15) is 45.3 Å². The number of aromatic amines is 1. The summed E-state index contributed by atoms with van der Waals surface area (Å²) in [4.78, 5) is 33.5. The van der Waals surface area contributed by atoms with Gasteiger partial charge in [0.2, 0.25) is 0 Å². The number of benzene rings is 2. The lowest BCUT2D eigenvalue weighted by atomic mass is 9.87. The molecule has 0 saturated carbocycles. The lowest BCUT2D eigenvalue weighted by Gasteiger charge is -2.35. The van der Waals surface area contributed by atoms with Crippen LogP contribution in [-0.2, 0) is 12.8 Å². The number of hydrogen-bond donors (Lipinski definition) is 1. The molecule has 0 bridgehead atoms. The van der Waals surface area contributed by atoms with Crippen molar-refractivity contribution in [2.45, 2.75) is 26.2 Å². The number of methoxy groups -OCH3 is 1. The van der Waals surface area contributed by atoms with Crippen molar-refractivity contribution < 1.29 is 14.3 Å². The number of piperazine rings is 1. The van der Waals surface area contributed by atoms with E-state index in [1.54, 1.807) is 31.4 Å². The fraction of sp³-hybridized carbons (Fsp3) is 0.385. The number of carbonyl (C=O) groups is 2. The van der Waals surface area contributed by atoms with Gasteiger partial charge < -0.3 is 19.5 Å². The predicted molar refractivity (Wildman–Crippen MR) is 124 cm³/mol. The van der Waals surface area contributed by atoms with E-state index in [1.165, 1.54) is 23.1 Å². The second-order valence-electron chi connectivity index (χ2n) is 8.97. The van der Waals surface area contributed by atoms with Crippen molar-refractivity contribution in [3.63, 3.8) is 0 Å². The van der Waals surface area contributed by atoms with Crippen molar-refractivity contribution in [3.05, 3.63) is 64.8 Å². The van der Waals surface area contributed by atoms with E-state index in [-0.39, 0.29) is 11.8 Å². The van der Waals surface area contributed by atoms with Gasteiger partial charge in [-0.1, -0.05) is 19.1 Å². The number of carbonyl (C=O) groups excluding carboxylic acids is 2. The van der Waals surface area contributed by atoms with Crippen molar-refractivity contribution in [1.29, 1.82) is 0 Å². The summed E-state index contributed by atoms with van der Waals surface area (Å²) in [5, 5.41) is 1.19. The monoisotopic (exact) mass is 431 g/mol. The summed E-state index contributed by atoms with van der Waals surface area (Å²) >= 11 is 0. The number of aromatic nitrogens is 1. The van der Waals surface area contributed by atoms with Gasteiger partial charge in [-0.2, -0.15) is 0 Å². The van der Waals surface area contributed by atoms with Crippen LogP contribution in [0.5, 0.6) is 5.75 Å². The summed E-state index contributed by atoms with van der Waals surface area (Å²) in [5.74, 6) is 1.44. The zero-order valence-corrected chi connectivity index (χ0v) is 18.7. The molecule has 0 spiro atoms. The molecule has 1 fully saturated rings. The maximum Gasteiger partial charge on any atom is 0.256 e. The van der Waals surface area contributed by atoms with Crippen molar-refractivity contribution in [2.75, 3.05) is 33.3 Å². The highest BCUT2D eigenvalue weighted by Gasteiger charge is 2.28. The molecule has 2 aliphatic rings. The molecule has 2 heterocycles. The Morgan fingerprint density at radius 2 is 1.66 bits per heavy atom. The third-order valence-corrected chi connectivity index (χ3v) is 6.89. The van der Waals surface area contributed by atoms with Crippen LogP contribution >= 0.6 is 0 Å². The van der Waals surface area contributed by atoms with Gasteiger partial charge >= 0.3 is 0 Å². The van der Waals surface area contributed by atoms with Crippen molar-refractivity contribution >= 4 is 22.7 Å². The number of hydrogen-bond acceptors (Lipinski definition) is 3. The van der Waals surface area contributed by atoms with Gasteiger partial charge in [-0.05, 0) is 61.1 Å². The Bertz CT molecular complexity index is 1160. The molecule has 1 atom stereocenters. The number of fused-ring (bicyclic) bond motifs is 3. The Kier molecular flexibility index (Phi) is 5.37. The molecule has 6 nitrogen and oxygen atoms in total. The molecule has 1 unspecified atom stereocenters. The maximum atomic E-state index is 13.4. The minimum Gasteiger partial charge on any atom is -0.497 e. The largest absolute Gasteiger partial charge is 0.497 e. The topological polar surface area (TPSA) is 65.6 Å². The maximum absolute atomic E-state index is 13.4. The Morgan fingerprint density at radius 1 is 0.969 bits per heavy atom. The molecular weight excluding hydrogens is 402 g/mol. The summed E-state index contributed by atoms with van der Waals surface area (Å²) in [5.41, 5.74) is 5.01. The second-order valence-corrected chi connectivity index (χ2v) is 8.97. The summed E-state index contributed by atoms with van der Waals surface area (Å²) in [7, 11) is 1.61. The molecule has 1 aliphatic carbocycles. The Hall–Kier alpha value is -3.28. The van der Waals surface area contributed by atoms with Crippen molar-refractivity contribution in [3.8, 4) is 5.75 Å². The van der Waals surface area contributed by atoms with Gasteiger partial charge in [-0.15, -0.1) is 0 Å². The zero-order chi connectivity index (χ0) is 22.2. The van der Waals surface area contributed by atoms with E-state index in [2.05, 4.69) is 18.0 Å². The molecule has 1 aromatic heterocycles. The first-order chi connectivity index (χ1) is 15.5. The van der Waals surface area contributed by atoms with Gasteiger partial charge in [0, 0.05) is 42.8 Å². The van der Waals surface area contributed by atoms with Crippen molar-refractivity contribution in [1.82, 2.24) is 14.8 Å². The first-order valence-corrected chi connectivity index (χ1v) is 11.4. The van der Waals surface area contributed by atoms with E-state index in [0.717, 1.165) is 29.7 Å². The van der Waals surface area contributed by atoms with Crippen LogP contribution < -0.4 is 4.74 Å². The molecule has 1 aliphatic heterocycles. The number of ether oxygens (including phenoxy) is 1. The summed E-state index contributed by atoms with van der Waals surface area (Å²) in [6, 6.07) is 13.2. The van der Waals surface area contributed by atoms with E-state index in [9.17, 15) is 9.59 Å². The smallest absolute Gasteiger partial charge is 0.256 e. The minimum absolute atomic E-state index is 0.00647. The van der Waals surface area contributed by atoms with Gasteiger partial charge in [0.05, 0.1) is 18.2 Å². The lowest BCUT2D eigenvalue weighted by molar-refractivity contribution is 0.0536. The van der Waals surface area contributed by atoms with Crippen LogP contribution in [0.4, 0.5) is 0 Å². The van der Waals surface area contributed by atoms with E-state index in [1.807, 2.05) is 21.9 Å². The number of nitrogens with one attached hydrogen (secondary N) is 1. The number of para-hydroxylation sites is 1. The highest BCUT2D eigenvalue weighted by Crippen LogP contribution is 2.33. The minimum atomic E-state index is -0.00647. The number of aryl methyl sites for hydroxylation is 1. The molecule has 166 valence electrons. The Morgan fingerprint density at radius 3 is 2.34 bits per heavy atom. The van der Waals surface area contributed by atoms with E-state index >= 15 is 0 Å². The van der Waals surface area contributed by atoms with Gasteiger partial charge in [0.15, 0.2) is 0 Å². The van der Waals surface area contributed by atoms with Crippen LogP contribution in [0.3, 0.4) is 0 Å². The number of nitrogens with zero attached hydrogens (tertiary/aromatic N) is 2. The molecular formula is C26H29N3O3. The van der Waals surface area contributed by atoms with Crippen LogP contribution in [0.15, 0.2) is 42.5 Å². The van der Waals surface area contributed by atoms with Gasteiger partial charge in [0.25, 0.3) is 11.8 Å². The number of amides is 2. The van der Waals surface area contributed by atoms with Gasteiger partial charge in [-0.3, -0.25) is 9.59 Å². The van der Waals surface area contributed by atoms with E-state index in [4.69, 9.17) is 4.74 Å². The highest BCUT2D eigenvalue weighted by atomic mass is 16.5. The lowest BCUT2D eigenvalue weighted by Crippen LogP contribution is -2.50. The number of H-pyrrole nitrogens is 1. The predicted octanol–water partition coefficient (Wildman–Crippen LogP) is 3.90. The molecule has 1 N–H and O–H groups in total. The van der Waals surface area contributed by atoms with Gasteiger partial charge in [-0.25, -0.2) is 0 Å². The van der Waals surface area contributed by atoms with Gasteiger partial charge in [0.1, 0.15) is 5.75 Å². The fourth-order valence-electron chi connectivity index (χ4n) is 4.99. The third kappa shape index (κ3) is 3.64. The van der Waals surface area contributed by atoms with Crippen LogP contribution in [-0.4, -0.2) is 59.9 Å². The van der Waals surface area contributed by atoms with Crippen LogP contribution in [0.25, 0.3) is 10.9 Å². The number of rotatable bonds is 3. The molecule has 0 radical (unpaired) electrons. The SMILES string of the molecule is COc1ccc(C(=O)N2CCN(C(=O)c3cccc4c5c([nH]c34)CCC(C)C5)CC2)cc1. The summed E-state index contributed by atoms with van der Waals surface area (Å²) < 4.78 is 5.17. The second kappa shape index (κ2) is 8.34. The van der Waals surface area contributed by atoms with E-state index in [0.29, 0.717) is 37.7 Å². The molecule has 5 rings (SSSR count). The average Bonchev–Trinajstić information content (AvgIpc) is 3.21. The Balaban J connectivity index is 1.30. The average molecular weight is 432 g/mol. The molecule has 2 aromatic carbocycles. The Labute approximate surface area is 188 Å². The van der Waals surface area contributed by atoms with Crippen molar-refractivity contribution in [2.24, 2.45) is 5.92 Å². The summed E-state index contributed by atoms with van der Waals surface area (Å²) in [6.45, 7) is 4.43. The standard InChI is InChI=1S/C26H29N3O3/c1-17-6-11-23-22(16-17)20-4-3-5-21(24(20)27-23)26(31)29-14-12-28(13-15-29)25(30)18-7-9-19(32-2)10-8-18/h3-5,7-10,17,27H,6,11-16H2,1-2H3. The first kappa shape index (κ1) is 20.6. The zero-order valence-electron chi connectivity index (χ0n) is 18.7. The fourth-order valence-corrected chi connectivity index (χ4v) is 4.99. The molecule has 1 saturated heterocycles. The normalized spacial score (nSPS) is 18.5. The summed E-state index contributed by atoms with van der Waals surface area (Å²) in [6.07, 6.45) is 3.30. The molecule has 2 amide bonds. The quantitative estimate of drug-likeness (QED) is 0.684.